The molecule has 3 unspecified atom stereocenters. The molecule has 5 N–H and O–H groups in total. The number of hydrogen-bond donors (Lipinski definition) is 5. The van der Waals surface area contributed by atoms with Gasteiger partial charge < -0.3 is 30.7 Å². The van der Waals surface area contributed by atoms with Crippen LogP contribution in [0, 0.1) is 23.5 Å². The molecule has 2 aromatic carbocycles. The van der Waals surface area contributed by atoms with Gasteiger partial charge in [0.25, 0.3) is 5.91 Å². The average molecular weight is 587 g/mol. The first-order valence-electron chi connectivity index (χ1n) is 12.1. The summed E-state index contributed by atoms with van der Waals surface area (Å²) in [6, 6.07) is 6.40. The fraction of sp³-hybridized carbons (Fsp3) is 0.440. The Kier molecular flexibility index (Phi) is 7.08. The number of carbonyl (C=O) groups is 2. The number of amides is 2. The van der Waals surface area contributed by atoms with Crippen molar-refractivity contribution in [1.82, 2.24) is 5.32 Å². The van der Waals surface area contributed by atoms with Crippen LogP contribution >= 0.6 is 11.6 Å². The molecule has 2 amide bonds. The Bertz CT molecular complexity index is 1430. The van der Waals surface area contributed by atoms with Crippen LogP contribution < -0.4 is 10.6 Å². The Morgan fingerprint density at radius 1 is 1.10 bits per heavy atom. The smallest absolute Gasteiger partial charge is 0.407 e. The van der Waals surface area contributed by atoms with E-state index in [1.165, 1.54) is 12.1 Å². The first kappa shape index (κ1) is 27.7. The number of rotatable bonds is 7. The minimum absolute atomic E-state index is 0.0335. The second-order valence-electron chi connectivity index (χ2n) is 10.1. The molecule has 2 bridgehead atoms. The van der Waals surface area contributed by atoms with E-state index < -0.39 is 74.5 Å². The Hall–Kier alpha value is -2.84. The van der Waals surface area contributed by atoms with Crippen LogP contribution in [0.3, 0.4) is 0 Å². The molecule has 4 aliphatic rings. The zero-order chi connectivity index (χ0) is 28.3. The van der Waals surface area contributed by atoms with Crippen molar-refractivity contribution >= 4 is 39.1 Å². The lowest BCUT2D eigenvalue weighted by Crippen LogP contribution is -2.70. The molecule has 1 saturated heterocycles. The normalized spacial score (nSPS) is 29.5. The number of ether oxygens (including phenoxy) is 1. The van der Waals surface area contributed by atoms with Crippen molar-refractivity contribution in [2.75, 3.05) is 11.9 Å². The molecule has 6 rings (SSSR count). The van der Waals surface area contributed by atoms with Gasteiger partial charge in [-0.1, -0.05) is 11.6 Å². The monoisotopic (exact) mass is 586 g/mol. The van der Waals surface area contributed by atoms with Gasteiger partial charge in [-0.25, -0.2) is 22.0 Å². The second-order valence-corrected chi connectivity index (χ2v) is 12.7. The summed E-state index contributed by atoms with van der Waals surface area (Å²) in [5.74, 6) is -4.35. The van der Waals surface area contributed by atoms with Crippen LogP contribution in [-0.2, 0) is 14.6 Å². The summed E-state index contributed by atoms with van der Waals surface area (Å²) < 4.78 is 58.7. The molecular formula is C25H25ClF2N2O8S. The molecule has 0 spiro atoms. The lowest BCUT2D eigenvalue weighted by atomic mass is 9.51. The van der Waals surface area contributed by atoms with Crippen LogP contribution in [0.15, 0.2) is 41.3 Å². The predicted molar refractivity (Wildman–Crippen MR) is 133 cm³/mol. The number of aliphatic hydroxyl groups excluding tert-OH is 2. The maximum absolute atomic E-state index is 13.6. The van der Waals surface area contributed by atoms with Crippen LogP contribution in [0.5, 0.6) is 0 Å². The lowest BCUT2D eigenvalue weighted by molar-refractivity contribution is -0.257. The number of hydrogen-bond acceptors (Lipinski definition) is 8. The van der Waals surface area contributed by atoms with Crippen LogP contribution in [0.1, 0.15) is 29.6 Å². The third-order valence-corrected chi connectivity index (χ3v) is 10.6. The SMILES string of the molecule is O=C1NCC([C@H](O)[C@@H](O)[C@]2(O)C3CC2C[C@@H](S(=O)(=O)c2cc(C(=O)Nc4ccc(F)c(F)c4)ccc2Cl)C3)O1. The van der Waals surface area contributed by atoms with E-state index in [0.29, 0.717) is 6.42 Å². The van der Waals surface area contributed by atoms with Crippen LogP contribution in [0.25, 0.3) is 0 Å². The standard InChI is InChI=1S/C25H25ClF2N2O8S/c26-16-3-1-11(23(33)30-14-2-4-17(27)18(28)9-14)5-20(16)39(36,37)15-7-12-6-13(8-15)25(12,35)22(32)21(31)19-10-29-24(34)38-19/h1-5,9,12-13,15,19,21-22,31-32,35H,6-8,10H2,(H,29,34)(H,30,33)/t12?,13?,15-,19?,21-,22+,25-/m0/s1. The summed E-state index contributed by atoms with van der Waals surface area (Å²) >= 11 is 6.21. The molecule has 0 radical (unpaired) electrons. The number of nitrogens with one attached hydrogen (secondary N) is 2. The van der Waals surface area contributed by atoms with Gasteiger partial charge in [0, 0.05) is 17.3 Å². The first-order chi connectivity index (χ1) is 18.3. The second kappa shape index (κ2) is 9.97. The highest BCUT2D eigenvalue weighted by molar-refractivity contribution is 7.92. The van der Waals surface area contributed by atoms with E-state index in [9.17, 15) is 42.1 Å². The fourth-order valence-electron chi connectivity index (χ4n) is 5.82. The van der Waals surface area contributed by atoms with Gasteiger partial charge in [-0.3, -0.25) is 4.79 Å². The van der Waals surface area contributed by atoms with Crippen molar-refractivity contribution in [3.05, 3.63) is 58.6 Å². The molecule has 0 aromatic heterocycles. The third-order valence-electron chi connectivity index (χ3n) is 7.97. The molecule has 3 aliphatic carbocycles. The number of carbonyl (C=O) groups excluding carboxylic acids is 2. The number of sulfone groups is 1. The summed E-state index contributed by atoms with van der Waals surface area (Å²) in [7, 11) is -4.11. The molecule has 3 saturated carbocycles. The lowest BCUT2D eigenvalue weighted by Gasteiger charge is -2.60. The maximum atomic E-state index is 13.6. The Labute approximate surface area is 226 Å². The van der Waals surface area contributed by atoms with Crippen molar-refractivity contribution in [3.63, 3.8) is 0 Å². The van der Waals surface area contributed by atoms with Crippen molar-refractivity contribution in [2.24, 2.45) is 11.8 Å². The predicted octanol–water partition coefficient (Wildman–Crippen LogP) is 2.00. The van der Waals surface area contributed by atoms with Gasteiger partial charge in [-0.2, -0.15) is 0 Å². The van der Waals surface area contributed by atoms with E-state index in [0.717, 1.165) is 24.3 Å². The summed E-state index contributed by atoms with van der Waals surface area (Å²) in [5.41, 5.74) is -1.89. The molecule has 1 aliphatic heterocycles. The van der Waals surface area contributed by atoms with Gasteiger partial charge in [0.2, 0.25) is 0 Å². The summed E-state index contributed by atoms with van der Waals surface area (Å²) in [6.45, 7) is -0.0437. The number of anilines is 1. The molecule has 39 heavy (non-hydrogen) atoms. The topological polar surface area (TPSA) is 162 Å². The highest BCUT2D eigenvalue weighted by Crippen LogP contribution is 2.57. The van der Waals surface area contributed by atoms with Gasteiger partial charge >= 0.3 is 6.09 Å². The van der Waals surface area contributed by atoms with Gasteiger partial charge in [0.15, 0.2) is 21.5 Å². The van der Waals surface area contributed by atoms with Crippen molar-refractivity contribution in [1.29, 1.82) is 0 Å². The molecular weight excluding hydrogens is 562 g/mol. The number of halogens is 3. The fourth-order valence-corrected chi connectivity index (χ4v) is 8.22. The summed E-state index contributed by atoms with van der Waals surface area (Å²) in [6.07, 6.45) is -4.71. The first-order valence-corrected chi connectivity index (χ1v) is 14.1. The van der Waals surface area contributed by atoms with Gasteiger partial charge in [-0.05, 0) is 61.4 Å². The molecule has 5 atom stereocenters. The Morgan fingerprint density at radius 3 is 2.41 bits per heavy atom. The summed E-state index contributed by atoms with van der Waals surface area (Å²) in [5, 5.41) is 36.2. The Balaban J connectivity index is 1.32. The zero-order valence-corrected chi connectivity index (χ0v) is 21.8. The molecule has 210 valence electrons. The van der Waals surface area contributed by atoms with Crippen LogP contribution in [0.2, 0.25) is 5.02 Å². The van der Waals surface area contributed by atoms with Crippen molar-refractivity contribution in [3.8, 4) is 0 Å². The third kappa shape index (κ3) is 4.76. The number of alkyl carbamates (subject to hydrolysis) is 1. The van der Waals surface area contributed by atoms with Crippen LogP contribution in [-0.4, -0.2) is 71.4 Å². The van der Waals surface area contributed by atoms with Gasteiger partial charge in [0.05, 0.1) is 27.3 Å². The minimum Gasteiger partial charge on any atom is -0.441 e. The highest BCUT2D eigenvalue weighted by Gasteiger charge is 2.65. The molecule has 14 heteroatoms. The Morgan fingerprint density at radius 2 is 1.79 bits per heavy atom. The maximum Gasteiger partial charge on any atom is 0.407 e. The number of aliphatic hydroxyl groups is 3. The molecule has 1 heterocycles. The molecule has 2 aromatic rings. The van der Waals surface area contributed by atoms with Crippen molar-refractivity contribution in [2.45, 2.75) is 53.3 Å². The highest BCUT2D eigenvalue weighted by atomic mass is 35.5. The van der Waals surface area contributed by atoms with E-state index in [2.05, 4.69) is 10.6 Å². The minimum atomic E-state index is -4.11. The number of benzene rings is 2. The number of cyclic esters (lactones) is 1. The zero-order valence-electron chi connectivity index (χ0n) is 20.2. The van der Waals surface area contributed by atoms with E-state index in [1.807, 2.05) is 0 Å². The van der Waals surface area contributed by atoms with E-state index in [1.54, 1.807) is 0 Å². The largest absolute Gasteiger partial charge is 0.441 e. The van der Waals surface area contributed by atoms with E-state index >= 15 is 0 Å². The molecule has 10 nitrogen and oxygen atoms in total. The number of fused-ring (bicyclic) bond motifs is 2. The average Bonchev–Trinajstić information content (AvgIpc) is 3.35. The van der Waals surface area contributed by atoms with E-state index in [-0.39, 0.29) is 40.6 Å². The van der Waals surface area contributed by atoms with Gasteiger partial charge in [0.1, 0.15) is 18.3 Å². The quantitative estimate of drug-likeness (QED) is 0.329. The van der Waals surface area contributed by atoms with E-state index in [4.69, 9.17) is 16.3 Å². The summed E-state index contributed by atoms with van der Waals surface area (Å²) in [4.78, 5) is 23.7. The van der Waals surface area contributed by atoms with Gasteiger partial charge in [-0.15, -0.1) is 0 Å². The van der Waals surface area contributed by atoms with Crippen LogP contribution in [0.4, 0.5) is 19.3 Å². The molecule has 4 fully saturated rings. The van der Waals surface area contributed by atoms with Crippen molar-refractivity contribution < 1.29 is 46.8 Å².